The largest absolute Gasteiger partial charge is 0.322 e. The van der Waals surface area contributed by atoms with Gasteiger partial charge in [0, 0.05) is 30.6 Å². The van der Waals surface area contributed by atoms with Gasteiger partial charge in [-0.05, 0) is 38.1 Å². The Hall–Kier alpha value is -3.48. The molecule has 1 unspecified atom stereocenters. The van der Waals surface area contributed by atoms with Crippen LogP contribution in [0.2, 0.25) is 0 Å². The zero-order chi connectivity index (χ0) is 20.8. The number of benzene rings is 2. The van der Waals surface area contributed by atoms with Gasteiger partial charge in [-0.25, -0.2) is 0 Å². The molecule has 1 fully saturated rings. The number of hydrogen-bond acceptors (Lipinski definition) is 4. The molecule has 1 atom stereocenters. The zero-order valence-electron chi connectivity index (χ0n) is 16.3. The Morgan fingerprint density at radius 3 is 2.59 bits per heavy atom. The Morgan fingerprint density at radius 1 is 1.10 bits per heavy atom. The number of nitrogens with zero attached hydrogens (tertiary/aromatic N) is 2. The van der Waals surface area contributed by atoms with Crippen LogP contribution in [-0.4, -0.2) is 40.6 Å². The number of anilines is 2. The van der Waals surface area contributed by atoms with Crippen LogP contribution in [0, 0.1) is 0 Å². The van der Waals surface area contributed by atoms with Crippen LogP contribution in [0.3, 0.4) is 0 Å². The molecule has 4 rings (SSSR count). The average molecular weight is 391 g/mol. The molecule has 0 aliphatic carbocycles. The summed E-state index contributed by atoms with van der Waals surface area (Å²) in [4.78, 5) is 54.1. The molecule has 0 radical (unpaired) electrons. The Bertz CT molecular complexity index is 1050. The van der Waals surface area contributed by atoms with E-state index in [4.69, 9.17) is 0 Å². The number of carbonyl (C=O) groups is 4. The summed E-state index contributed by atoms with van der Waals surface area (Å²) in [5.41, 5.74) is 0.350. The quantitative estimate of drug-likeness (QED) is 0.812. The minimum atomic E-state index is -1.43. The molecule has 0 saturated carbocycles. The van der Waals surface area contributed by atoms with E-state index in [-0.39, 0.29) is 37.0 Å². The van der Waals surface area contributed by atoms with Crippen molar-refractivity contribution in [3.63, 3.8) is 0 Å². The Kier molecular flexibility index (Phi) is 4.45. The number of para-hydroxylation sites is 1. The minimum absolute atomic E-state index is 0.117. The van der Waals surface area contributed by atoms with Crippen molar-refractivity contribution in [3.8, 4) is 0 Å². The molecule has 0 bridgehead atoms. The fourth-order valence-corrected chi connectivity index (χ4v) is 4.25. The summed E-state index contributed by atoms with van der Waals surface area (Å²) in [7, 11) is 0. The fourth-order valence-electron chi connectivity index (χ4n) is 4.25. The van der Waals surface area contributed by atoms with E-state index in [1.807, 2.05) is 0 Å². The molecule has 148 valence electrons. The first-order valence-corrected chi connectivity index (χ1v) is 9.56. The van der Waals surface area contributed by atoms with E-state index in [2.05, 4.69) is 5.32 Å². The number of amides is 3. The Morgan fingerprint density at radius 2 is 1.86 bits per heavy atom. The minimum Gasteiger partial charge on any atom is -0.322 e. The van der Waals surface area contributed by atoms with Crippen LogP contribution in [0.4, 0.5) is 11.4 Å². The van der Waals surface area contributed by atoms with E-state index < -0.39 is 11.6 Å². The number of carbonyl (C=O) groups excluding carboxylic acids is 4. The van der Waals surface area contributed by atoms with Gasteiger partial charge in [0.25, 0.3) is 11.8 Å². The van der Waals surface area contributed by atoms with Crippen LogP contribution in [0.1, 0.15) is 47.4 Å². The van der Waals surface area contributed by atoms with Gasteiger partial charge < -0.3 is 10.2 Å². The maximum atomic E-state index is 13.5. The van der Waals surface area contributed by atoms with E-state index in [1.54, 1.807) is 55.5 Å². The van der Waals surface area contributed by atoms with Gasteiger partial charge in [0.15, 0.2) is 5.78 Å². The Balaban J connectivity index is 1.80. The van der Waals surface area contributed by atoms with Crippen LogP contribution < -0.4 is 10.2 Å². The summed E-state index contributed by atoms with van der Waals surface area (Å²) in [6.45, 7) is 3.52. The molecule has 2 heterocycles. The van der Waals surface area contributed by atoms with E-state index >= 15 is 0 Å². The van der Waals surface area contributed by atoms with Gasteiger partial charge in [-0.15, -0.1) is 0 Å². The monoisotopic (exact) mass is 391 g/mol. The van der Waals surface area contributed by atoms with Crippen molar-refractivity contribution in [2.45, 2.75) is 32.4 Å². The van der Waals surface area contributed by atoms with Crippen LogP contribution in [0.15, 0.2) is 48.5 Å². The molecule has 0 aromatic heterocycles. The highest BCUT2D eigenvalue weighted by Gasteiger charge is 2.60. The van der Waals surface area contributed by atoms with Crippen molar-refractivity contribution in [2.24, 2.45) is 0 Å². The standard InChI is InChI=1S/C22H21N3O4/c1-3-24-20(28)17-9-4-5-10-18(17)25-19(27)11-12-22(24,25)21(29)23-16-8-6-7-15(13-16)14(2)26/h4-10,13H,3,11-12H2,1-2H3,(H,23,29). The van der Waals surface area contributed by atoms with Crippen molar-refractivity contribution in [1.82, 2.24) is 4.90 Å². The van der Waals surface area contributed by atoms with Crippen molar-refractivity contribution in [2.75, 3.05) is 16.8 Å². The molecule has 29 heavy (non-hydrogen) atoms. The molecule has 7 heteroatoms. The van der Waals surface area contributed by atoms with Crippen LogP contribution in [-0.2, 0) is 9.59 Å². The molecule has 3 amide bonds. The van der Waals surface area contributed by atoms with Gasteiger partial charge in [-0.3, -0.25) is 24.1 Å². The predicted molar refractivity (Wildman–Crippen MR) is 108 cm³/mol. The average Bonchev–Trinajstić information content (AvgIpc) is 3.07. The topological polar surface area (TPSA) is 86.8 Å². The first kappa shape index (κ1) is 18.9. The number of nitrogens with one attached hydrogen (secondary N) is 1. The fraction of sp³-hybridized carbons (Fsp3) is 0.273. The van der Waals surface area contributed by atoms with Crippen molar-refractivity contribution >= 4 is 34.9 Å². The third-order valence-electron chi connectivity index (χ3n) is 5.58. The molecular weight excluding hydrogens is 370 g/mol. The summed E-state index contributed by atoms with van der Waals surface area (Å²) in [6.07, 6.45) is 0.372. The van der Waals surface area contributed by atoms with Crippen molar-refractivity contribution < 1.29 is 19.2 Å². The zero-order valence-corrected chi connectivity index (χ0v) is 16.3. The molecular formula is C22H21N3O4. The first-order valence-electron chi connectivity index (χ1n) is 9.56. The van der Waals surface area contributed by atoms with E-state index in [0.717, 1.165) is 0 Å². The van der Waals surface area contributed by atoms with Crippen molar-refractivity contribution in [3.05, 3.63) is 59.7 Å². The van der Waals surface area contributed by atoms with Gasteiger partial charge in [0.1, 0.15) is 0 Å². The first-order chi connectivity index (χ1) is 13.9. The number of ketones is 1. The smallest absolute Gasteiger partial charge is 0.271 e. The molecule has 2 aliphatic heterocycles. The third-order valence-corrected chi connectivity index (χ3v) is 5.58. The SMILES string of the molecule is CCN1C(=O)c2ccccc2N2C(=O)CCC12C(=O)Nc1cccc(C(C)=O)c1. The maximum Gasteiger partial charge on any atom is 0.271 e. The van der Waals surface area contributed by atoms with E-state index in [1.165, 1.54) is 16.7 Å². The number of rotatable bonds is 4. The lowest BCUT2D eigenvalue weighted by atomic mass is 9.95. The molecule has 2 aromatic rings. The lowest BCUT2D eigenvalue weighted by Gasteiger charge is -2.48. The van der Waals surface area contributed by atoms with Gasteiger partial charge >= 0.3 is 0 Å². The van der Waals surface area contributed by atoms with Crippen LogP contribution in [0.5, 0.6) is 0 Å². The molecule has 0 spiro atoms. The second-order valence-corrected chi connectivity index (χ2v) is 7.20. The maximum absolute atomic E-state index is 13.5. The highest BCUT2D eigenvalue weighted by Crippen LogP contribution is 2.44. The number of Topliss-reactive ketones (excluding diaryl/α,β-unsaturated/α-hetero) is 1. The molecule has 7 nitrogen and oxygen atoms in total. The second-order valence-electron chi connectivity index (χ2n) is 7.20. The normalized spacial score (nSPS) is 20.3. The van der Waals surface area contributed by atoms with Gasteiger partial charge in [-0.1, -0.05) is 24.3 Å². The summed E-state index contributed by atoms with van der Waals surface area (Å²) >= 11 is 0. The molecule has 1 saturated heterocycles. The lowest BCUT2D eigenvalue weighted by molar-refractivity contribution is -0.128. The van der Waals surface area contributed by atoms with E-state index in [9.17, 15) is 19.2 Å². The number of hydrogen-bond donors (Lipinski definition) is 1. The Labute approximate surface area is 168 Å². The van der Waals surface area contributed by atoms with Crippen molar-refractivity contribution in [1.29, 1.82) is 0 Å². The van der Waals surface area contributed by atoms with Gasteiger partial charge in [0.2, 0.25) is 11.6 Å². The highest BCUT2D eigenvalue weighted by molar-refractivity contribution is 6.18. The summed E-state index contributed by atoms with van der Waals surface area (Å²) in [5, 5.41) is 2.83. The summed E-state index contributed by atoms with van der Waals surface area (Å²) in [6, 6.07) is 13.5. The summed E-state index contributed by atoms with van der Waals surface area (Å²) in [5.74, 6) is -1.06. The highest BCUT2D eigenvalue weighted by atomic mass is 16.2. The van der Waals surface area contributed by atoms with Gasteiger partial charge in [0.05, 0.1) is 11.3 Å². The van der Waals surface area contributed by atoms with Crippen LogP contribution in [0.25, 0.3) is 0 Å². The number of likely N-dealkylation sites (N-methyl/N-ethyl adjacent to an activating group) is 1. The lowest BCUT2D eigenvalue weighted by Crippen LogP contribution is -2.69. The predicted octanol–water partition coefficient (Wildman–Crippen LogP) is 2.83. The van der Waals surface area contributed by atoms with Gasteiger partial charge in [-0.2, -0.15) is 0 Å². The number of fused-ring (bicyclic) bond motifs is 3. The third kappa shape index (κ3) is 2.73. The molecule has 2 aromatic carbocycles. The summed E-state index contributed by atoms with van der Waals surface area (Å²) < 4.78 is 0. The molecule has 1 N–H and O–H groups in total. The molecule has 2 aliphatic rings. The van der Waals surface area contributed by atoms with E-state index in [0.29, 0.717) is 22.5 Å². The second kappa shape index (κ2) is 6.84. The van der Waals surface area contributed by atoms with Crippen LogP contribution >= 0.6 is 0 Å².